The maximum atomic E-state index is 6.64. The van der Waals surface area contributed by atoms with Crippen LogP contribution in [-0.2, 0) is 0 Å². The van der Waals surface area contributed by atoms with E-state index in [1.165, 1.54) is 21.9 Å². The first-order valence-electron chi connectivity index (χ1n) is 16.2. The van der Waals surface area contributed by atoms with Gasteiger partial charge in [0.25, 0.3) is 0 Å². The number of furan rings is 1. The van der Waals surface area contributed by atoms with Gasteiger partial charge in [-0.05, 0) is 47.5 Å². The van der Waals surface area contributed by atoms with Crippen LogP contribution < -0.4 is 0 Å². The van der Waals surface area contributed by atoms with E-state index >= 15 is 0 Å². The van der Waals surface area contributed by atoms with Crippen LogP contribution in [0.25, 0.3) is 94.1 Å². The van der Waals surface area contributed by atoms with Crippen molar-refractivity contribution >= 4 is 54.6 Å². The third-order valence-corrected chi connectivity index (χ3v) is 9.41. The van der Waals surface area contributed by atoms with Crippen LogP contribution in [0.5, 0.6) is 0 Å². The van der Waals surface area contributed by atoms with Crippen molar-refractivity contribution in [3.63, 3.8) is 0 Å². The molecule has 0 aliphatic heterocycles. The summed E-state index contributed by atoms with van der Waals surface area (Å²) >= 11 is 0. The predicted octanol–water partition coefficient (Wildman–Crippen LogP) is 11.6. The summed E-state index contributed by atoms with van der Waals surface area (Å²) in [6, 6.07) is 57.2. The average Bonchev–Trinajstić information content (AvgIpc) is 3.70. The number of rotatable bonds is 4. The molecule has 0 saturated carbocycles. The summed E-state index contributed by atoms with van der Waals surface area (Å²) in [6.07, 6.45) is 0. The van der Waals surface area contributed by atoms with Crippen LogP contribution in [0.2, 0.25) is 0 Å². The SMILES string of the molecule is c1ccc(-c2ccc3c4ccccc4n(-c4ccc5c(c4)oc4cccc(-c6nc(-c7ccccc7)nc7ccccc67)c45)c3c2)cc1. The predicted molar refractivity (Wildman–Crippen MR) is 197 cm³/mol. The minimum atomic E-state index is 0.706. The first-order chi connectivity index (χ1) is 23.8. The molecule has 0 bridgehead atoms. The first-order valence-corrected chi connectivity index (χ1v) is 16.2. The number of para-hydroxylation sites is 2. The van der Waals surface area contributed by atoms with E-state index in [1.807, 2.05) is 36.4 Å². The van der Waals surface area contributed by atoms with E-state index in [9.17, 15) is 0 Å². The van der Waals surface area contributed by atoms with E-state index < -0.39 is 0 Å². The van der Waals surface area contributed by atoms with Crippen molar-refractivity contribution in [3.8, 4) is 39.5 Å². The fourth-order valence-corrected chi connectivity index (χ4v) is 7.21. The van der Waals surface area contributed by atoms with Crippen LogP contribution in [0, 0.1) is 0 Å². The lowest BCUT2D eigenvalue weighted by atomic mass is 10.00. The summed E-state index contributed by atoms with van der Waals surface area (Å²) in [7, 11) is 0. The standard InChI is InChI=1S/C44H27N3O/c1-3-12-28(13-4-1)30-22-24-33-32-16-8-10-20-38(32)47(39(33)26-30)31-23-25-35-41(27-31)48-40-21-11-18-36(42(35)40)43-34-17-7-9-19-37(34)45-44(46-43)29-14-5-2-6-15-29/h1-27H. The minimum absolute atomic E-state index is 0.706. The third kappa shape index (κ3) is 4.10. The van der Waals surface area contributed by atoms with E-state index in [0.717, 1.165) is 66.4 Å². The van der Waals surface area contributed by atoms with Crippen LogP contribution in [0.1, 0.15) is 0 Å². The van der Waals surface area contributed by atoms with Crippen LogP contribution in [0.3, 0.4) is 0 Å². The van der Waals surface area contributed by atoms with Crippen LogP contribution in [-0.4, -0.2) is 14.5 Å². The number of nitrogens with zero attached hydrogens (tertiary/aromatic N) is 3. The highest BCUT2D eigenvalue weighted by molar-refractivity contribution is 6.15. The highest BCUT2D eigenvalue weighted by atomic mass is 16.3. The Morgan fingerprint density at radius 1 is 0.438 bits per heavy atom. The number of fused-ring (bicyclic) bond motifs is 7. The molecule has 48 heavy (non-hydrogen) atoms. The number of benzene rings is 7. The topological polar surface area (TPSA) is 43.9 Å². The van der Waals surface area contributed by atoms with E-state index in [1.54, 1.807) is 0 Å². The van der Waals surface area contributed by atoms with E-state index in [0.29, 0.717) is 5.82 Å². The van der Waals surface area contributed by atoms with Crippen molar-refractivity contribution in [2.75, 3.05) is 0 Å². The second-order valence-electron chi connectivity index (χ2n) is 12.2. The van der Waals surface area contributed by atoms with Gasteiger partial charge in [0.15, 0.2) is 5.82 Å². The van der Waals surface area contributed by atoms with E-state index in [2.05, 4.69) is 132 Å². The Labute approximate surface area is 276 Å². The molecular weight excluding hydrogens is 587 g/mol. The van der Waals surface area contributed by atoms with Gasteiger partial charge < -0.3 is 8.98 Å². The summed E-state index contributed by atoms with van der Waals surface area (Å²) in [5.74, 6) is 0.706. The molecule has 3 aromatic heterocycles. The number of hydrogen-bond donors (Lipinski definition) is 0. The third-order valence-electron chi connectivity index (χ3n) is 9.41. The van der Waals surface area contributed by atoms with Crippen molar-refractivity contribution in [2.24, 2.45) is 0 Å². The maximum absolute atomic E-state index is 6.64. The maximum Gasteiger partial charge on any atom is 0.160 e. The molecule has 0 spiro atoms. The molecule has 10 aromatic rings. The average molecular weight is 614 g/mol. The molecule has 0 atom stereocenters. The lowest BCUT2D eigenvalue weighted by Gasteiger charge is -2.11. The summed E-state index contributed by atoms with van der Waals surface area (Å²) in [5.41, 5.74) is 11.3. The molecule has 0 aliphatic carbocycles. The Kier molecular flexibility index (Phi) is 5.84. The van der Waals surface area contributed by atoms with Gasteiger partial charge in [-0.1, -0.05) is 121 Å². The van der Waals surface area contributed by atoms with Crippen molar-refractivity contribution in [1.82, 2.24) is 14.5 Å². The first kappa shape index (κ1) is 26.7. The fourth-order valence-electron chi connectivity index (χ4n) is 7.21. The van der Waals surface area contributed by atoms with Gasteiger partial charge in [0.1, 0.15) is 11.2 Å². The summed E-state index contributed by atoms with van der Waals surface area (Å²) in [4.78, 5) is 10.1. The minimum Gasteiger partial charge on any atom is -0.456 e. The molecule has 3 heterocycles. The molecule has 0 fully saturated rings. The van der Waals surface area contributed by atoms with E-state index in [4.69, 9.17) is 14.4 Å². The lowest BCUT2D eigenvalue weighted by molar-refractivity contribution is 0.668. The fraction of sp³-hybridized carbons (Fsp3) is 0. The molecule has 0 aliphatic rings. The van der Waals surface area contributed by atoms with Gasteiger partial charge in [-0.3, -0.25) is 0 Å². The van der Waals surface area contributed by atoms with Gasteiger partial charge in [-0.2, -0.15) is 0 Å². The van der Waals surface area contributed by atoms with Gasteiger partial charge in [-0.15, -0.1) is 0 Å². The van der Waals surface area contributed by atoms with Gasteiger partial charge in [-0.25, -0.2) is 9.97 Å². The van der Waals surface area contributed by atoms with Crippen molar-refractivity contribution in [3.05, 3.63) is 164 Å². The summed E-state index contributed by atoms with van der Waals surface area (Å²) < 4.78 is 9.00. The molecule has 0 N–H and O–H groups in total. The molecule has 0 amide bonds. The molecule has 4 nitrogen and oxygen atoms in total. The van der Waals surface area contributed by atoms with Crippen molar-refractivity contribution in [1.29, 1.82) is 0 Å². The molecule has 0 radical (unpaired) electrons. The largest absolute Gasteiger partial charge is 0.456 e. The monoisotopic (exact) mass is 613 g/mol. The second-order valence-corrected chi connectivity index (χ2v) is 12.2. The van der Waals surface area contributed by atoms with Crippen molar-refractivity contribution in [2.45, 2.75) is 0 Å². The Balaban J connectivity index is 1.20. The zero-order valence-corrected chi connectivity index (χ0v) is 25.8. The normalized spacial score (nSPS) is 11.8. The van der Waals surface area contributed by atoms with E-state index in [-0.39, 0.29) is 0 Å². The molecule has 7 aromatic carbocycles. The lowest BCUT2D eigenvalue weighted by Crippen LogP contribution is -1.95. The Bertz CT molecular complexity index is 2830. The highest BCUT2D eigenvalue weighted by Gasteiger charge is 2.19. The number of hydrogen-bond acceptors (Lipinski definition) is 3. The zero-order valence-electron chi connectivity index (χ0n) is 25.8. The molecule has 10 rings (SSSR count). The van der Waals surface area contributed by atoms with Crippen molar-refractivity contribution < 1.29 is 4.42 Å². The summed E-state index contributed by atoms with van der Waals surface area (Å²) in [6.45, 7) is 0. The second kappa shape index (κ2) is 10.5. The molecular formula is C44H27N3O. The van der Waals surface area contributed by atoms with Crippen LogP contribution in [0.4, 0.5) is 0 Å². The quantitative estimate of drug-likeness (QED) is 0.198. The highest BCUT2D eigenvalue weighted by Crippen LogP contribution is 2.41. The van der Waals surface area contributed by atoms with Crippen LogP contribution >= 0.6 is 0 Å². The molecule has 0 saturated heterocycles. The zero-order chi connectivity index (χ0) is 31.6. The molecule has 4 heteroatoms. The molecule has 0 unspecified atom stereocenters. The summed E-state index contributed by atoms with van der Waals surface area (Å²) in [5, 5.41) is 5.57. The Hall–Kier alpha value is -6.52. The van der Waals surface area contributed by atoms with Gasteiger partial charge in [0.2, 0.25) is 0 Å². The number of aromatic nitrogens is 3. The van der Waals surface area contributed by atoms with Gasteiger partial charge in [0, 0.05) is 49.8 Å². The smallest absolute Gasteiger partial charge is 0.160 e. The Morgan fingerprint density at radius 3 is 2.00 bits per heavy atom. The molecule has 224 valence electrons. The van der Waals surface area contributed by atoms with Gasteiger partial charge >= 0.3 is 0 Å². The van der Waals surface area contributed by atoms with Crippen LogP contribution in [0.15, 0.2) is 168 Å². The van der Waals surface area contributed by atoms with Gasteiger partial charge in [0.05, 0.1) is 22.2 Å². The Morgan fingerprint density at radius 2 is 1.15 bits per heavy atom.